The van der Waals surface area contributed by atoms with Gasteiger partial charge >= 0.3 is 6.18 Å². The van der Waals surface area contributed by atoms with E-state index in [0.717, 1.165) is 30.6 Å². The first-order valence-electron chi connectivity index (χ1n) is 6.87. The highest BCUT2D eigenvalue weighted by Gasteiger charge is 2.31. The molecule has 0 amide bonds. The van der Waals surface area contributed by atoms with Gasteiger partial charge in [0.15, 0.2) is 0 Å². The van der Waals surface area contributed by atoms with E-state index in [0.29, 0.717) is 11.7 Å². The third kappa shape index (κ3) is 4.11. The summed E-state index contributed by atoms with van der Waals surface area (Å²) in [6.07, 6.45) is -2.34. The lowest BCUT2D eigenvalue weighted by atomic mass is 10.1. The third-order valence-electron chi connectivity index (χ3n) is 3.68. The molecule has 0 N–H and O–H groups in total. The summed E-state index contributed by atoms with van der Waals surface area (Å²) in [7, 11) is 1.78. The van der Waals surface area contributed by atoms with E-state index in [2.05, 4.69) is 14.7 Å². The molecule has 0 spiro atoms. The van der Waals surface area contributed by atoms with Crippen molar-refractivity contribution < 1.29 is 17.9 Å². The maximum absolute atomic E-state index is 12.0. The van der Waals surface area contributed by atoms with Crippen molar-refractivity contribution >= 4 is 11.6 Å². The van der Waals surface area contributed by atoms with E-state index in [1.165, 1.54) is 0 Å². The second-order valence-electron chi connectivity index (χ2n) is 5.28. The number of likely N-dealkylation sites (tertiary alicyclic amines) is 1. The van der Waals surface area contributed by atoms with Gasteiger partial charge in [-0.3, -0.25) is 9.58 Å². The Bertz CT molecular complexity index is 490. The molecule has 1 saturated heterocycles. The van der Waals surface area contributed by atoms with Gasteiger partial charge in [-0.1, -0.05) is 11.6 Å². The Hall–Kier alpha value is -0.790. The summed E-state index contributed by atoms with van der Waals surface area (Å²) in [5.41, 5.74) is 1.85. The molecule has 0 bridgehead atoms. The van der Waals surface area contributed by atoms with Crippen LogP contribution in [0.4, 0.5) is 13.2 Å². The number of aromatic nitrogens is 2. The quantitative estimate of drug-likeness (QED) is 0.779. The second kappa shape index (κ2) is 6.54. The fraction of sp³-hybridized carbons (Fsp3) is 0.769. The Morgan fingerprint density at radius 3 is 2.71 bits per heavy atom. The van der Waals surface area contributed by atoms with Gasteiger partial charge in [0.1, 0.15) is 11.8 Å². The van der Waals surface area contributed by atoms with E-state index in [1.54, 1.807) is 11.7 Å². The zero-order valence-electron chi connectivity index (χ0n) is 12.1. The number of aryl methyl sites for hydroxylation is 2. The van der Waals surface area contributed by atoms with E-state index < -0.39 is 12.8 Å². The van der Waals surface area contributed by atoms with Crippen LogP contribution >= 0.6 is 11.6 Å². The number of alkyl halides is 3. The fourth-order valence-corrected chi connectivity index (χ4v) is 3.12. The molecule has 1 aliphatic rings. The Morgan fingerprint density at radius 2 is 2.14 bits per heavy atom. The fourth-order valence-electron chi connectivity index (χ4n) is 2.82. The van der Waals surface area contributed by atoms with Crippen LogP contribution in [0.3, 0.4) is 0 Å². The van der Waals surface area contributed by atoms with E-state index in [-0.39, 0.29) is 12.6 Å². The van der Waals surface area contributed by atoms with E-state index in [1.807, 2.05) is 6.92 Å². The maximum atomic E-state index is 12.0. The van der Waals surface area contributed by atoms with Gasteiger partial charge in [0, 0.05) is 25.2 Å². The molecule has 2 rings (SSSR count). The highest BCUT2D eigenvalue weighted by atomic mass is 35.5. The molecule has 4 nitrogen and oxygen atoms in total. The van der Waals surface area contributed by atoms with Gasteiger partial charge in [0.2, 0.25) is 0 Å². The number of nitrogens with zero attached hydrogens (tertiary/aromatic N) is 3. The molecule has 1 aliphatic heterocycles. The van der Waals surface area contributed by atoms with Crippen molar-refractivity contribution in [2.75, 3.05) is 26.3 Å². The molecular formula is C13H19ClF3N3O. The molecule has 1 aromatic heterocycles. The van der Waals surface area contributed by atoms with Crippen molar-refractivity contribution in [3.05, 3.63) is 16.4 Å². The molecular weight excluding hydrogens is 307 g/mol. The minimum atomic E-state index is -4.27. The summed E-state index contributed by atoms with van der Waals surface area (Å²) < 4.78 is 42.4. The first-order valence-corrected chi connectivity index (χ1v) is 7.25. The van der Waals surface area contributed by atoms with Crippen molar-refractivity contribution in [1.29, 1.82) is 0 Å². The highest BCUT2D eigenvalue weighted by Crippen LogP contribution is 2.37. The van der Waals surface area contributed by atoms with Crippen molar-refractivity contribution in [2.24, 2.45) is 7.05 Å². The largest absolute Gasteiger partial charge is 0.411 e. The summed E-state index contributed by atoms with van der Waals surface area (Å²) in [5.74, 6) is 0. The summed E-state index contributed by atoms with van der Waals surface area (Å²) in [5, 5.41) is 4.89. The first-order chi connectivity index (χ1) is 9.79. The first kappa shape index (κ1) is 16.6. The maximum Gasteiger partial charge on any atom is 0.411 e. The molecule has 2 heterocycles. The average Bonchev–Trinajstić information content (AvgIpc) is 2.90. The van der Waals surface area contributed by atoms with E-state index in [4.69, 9.17) is 11.6 Å². The van der Waals surface area contributed by atoms with Crippen molar-refractivity contribution in [1.82, 2.24) is 14.7 Å². The second-order valence-corrected chi connectivity index (χ2v) is 5.63. The summed E-state index contributed by atoms with van der Waals surface area (Å²) in [4.78, 5) is 2.12. The number of hydrogen-bond donors (Lipinski definition) is 0. The molecule has 21 heavy (non-hydrogen) atoms. The van der Waals surface area contributed by atoms with Crippen molar-refractivity contribution in [3.8, 4) is 0 Å². The predicted molar refractivity (Wildman–Crippen MR) is 73.4 cm³/mol. The molecule has 0 saturated carbocycles. The number of halogens is 4. The lowest BCUT2D eigenvalue weighted by molar-refractivity contribution is -0.174. The standard InChI is InChI=1S/C13H19ClF3N3O/c1-9-11(12(14)19(2)18-9)10-4-3-5-20(10)6-7-21-8-13(15,16)17/h10H,3-8H2,1-2H3/t10-/m1/s1. The van der Waals surface area contributed by atoms with Crippen molar-refractivity contribution in [2.45, 2.75) is 32.0 Å². The highest BCUT2D eigenvalue weighted by molar-refractivity contribution is 6.30. The normalized spacial score (nSPS) is 20.4. The predicted octanol–water partition coefficient (Wildman–Crippen LogP) is 3.10. The Kier molecular flexibility index (Phi) is 5.16. The minimum Gasteiger partial charge on any atom is -0.371 e. The van der Waals surface area contributed by atoms with Crippen LogP contribution in [0, 0.1) is 6.92 Å². The Morgan fingerprint density at radius 1 is 1.43 bits per heavy atom. The van der Waals surface area contributed by atoms with E-state index >= 15 is 0 Å². The molecule has 120 valence electrons. The van der Waals surface area contributed by atoms with Gasteiger partial charge in [-0.05, 0) is 26.3 Å². The monoisotopic (exact) mass is 325 g/mol. The topological polar surface area (TPSA) is 30.3 Å². The van der Waals surface area contributed by atoms with Gasteiger partial charge in [0.25, 0.3) is 0 Å². The summed E-state index contributed by atoms with van der Waals surface area (Å²) >= 11 is 6.27. The summed E-state index contributed by atoms with van der Waals surface area (Å²) in [6, 6.07) is 0.112. The van der Waals surface area contributed by atoms with Gasteiger partial charge in [0.05, 0.1) is 12.3 Å². The summed E-state index contributed by atoms with van der Waals surface area (Å²) in [6.45, 7) is 2.07. The van der Waals surface area contributed by atoms with Gasteiger partial charge < -0.3 is 4.74 Å². The Balaban J connectivity index is 1.94. The molecule has 8 heteroatoms. The van der Waals surface area contributed by atoms with Crippen LogP contribution in [0.1, 0.15) is 30.1 Å². The van der Waals surface area contributed by atoms with Crippen LogP contribution in [0.15, 0.2) is 0 Å². The molecule has 1 fully saturated rings. The molecule has 0 aliphatic carbocycles. The lowest BCUT2D eigenvalue weighted by Gasteiger charge is -2.24. The lowest BCUT2D eigenvalue weighted by Crippen LogP contribution is -2.29. The molecule has 1 atom stereocenters. The minimum absolute atomic E-state index is 0.0624. The zero-order chi connectivity index (χ0) is 15.6. The van der Waals surface area contributed by atoms with Crippen LogP contribution in [-0.4, -0.2) is 47.2 Å². The van der Waals surface area contributed by atoms with Crippen molar-refractivity contribution in [3.63, 3.8) is 0 Å². The van der Waals surface area contributed by atoms with Gasteiger partial charge in [-0.25, -0.2) is 0 Å². The SMILES string of the molecule is Cc1nn(C)c(Cl)c1[C@H]1CCCN1CCOCC(F)(F)F. The van der Waals surface area contributed by atoms with Crippen LogP contribution in [0.25, 0.3) is 0 Å². The molecule has 0 radical (unpaired) electrons. The molecule has 0 unspecified atom stereocenters. The van der Waals surface area contributed by atoms with Crippen LogP contribution in [0.5, 0.6) is 0 Å². The van der Waals surface area contributed by atoms with Crippen LogP contribution in [0.2, 0.25) is 5.15 Å². The number of rotatable bonds is 5. The van der Waals surface area contributed by atoms with Gasteiger partial charge in [-0.2, -0.15) is 18.3 Å². The van der Waals surface area contributed by atoms with Crippen LogP contribution in [-0.2, 0) is 11.8 Å². The molecule has 0 aromatic carbocycles. The van der Waals surface area contributed by atoms with Crippen LogP contribution < -0.4 is 0 Å². The van der Waals surface area contributed by atoms with E-state index in [9.17, 15) is 13.2 Å². The zero-order valence-corrected chi connectivity index (χ0v) is 12.8. The Labute approximate surface area is 126 Å². The van der Waals surface area contributed by atoms with Gasteiger partial charge in [-0.15, -0.1) is 0 Å². The number of hydrogen-bond acceptors (Lipinski definition) is 3. The smallest absolute Gasteiger partial charge is 0.371 e. The number of ether oxygens (including phenoxy) is 1. The average molecular weight is 326 g/mol. The molecule has 1 aromatic rings. The third-order valence-corrected chi connectivity index (χ3v) is 4.13.